The highest BCUT2D eigenvalue weighted by Crippen LogP contribution is 2.26. The lowest BCUT2D eigenvalue weighted by Crippen LogP contribution is -2.43. The van der Waals surface area contributed by atoms with Crippen LogP contribution in [0.5, 0.6) is 0 Å². The second-order valence-corrected chi connectivity index (χ2v) is 5.62. The molecule has 0 bridgehead atoms. The molecule has 1 aliphatic rings. The van der Waals surface area contributed by atoms with Gasteiger partial charge in [-0.05, 0) is 32.6 Å². The largest absolute Gasteiger partial charge is 0.342 e. The lowest BCUT2D eigenvalue weighted by Gasteiger charge is -2.30. The molecule has 1 amide bonds. The van der Waals surface area contributed by atoms with Gasteiger partial charge in [-0.25, -0.2) is 0 Å². The molecular weight excluding hydrogens is 212 g/mol. The van der Waals surface area contributed by atoms with Crippen molar-refractivity contribution in [2.45, 2.75) is 65.0 Å². The Labute approximate surface area is 106 Å². The van der Waals surface area contributed by atoms with E-state index in [9.17, 15) is 4.79 Å². The predicted molar refractivity (Wildman–Crippen MR) is 71.9 cm³/mol. The van der Waals surface area contributed by atoms with Gasteiger partial charge in [-0.1, -0.05) is 26.2 Å². The summed E-state index contributed by atoms with van der Waals surface area (Å²) in [6.07, 6.45) is 6.43. The maximum atomic E-state index is 11.8. The van der Waals surface area contributed by atoms with Crippen LogP contribution in [-0.2, 0) is 4.79 Å². The minimum Gasteiger partial charge on any atom is -0.342 e. The van der Waals surface area contributed by atoms with Crippen LogP contribution in [-0.4, -0.2) is 36.5 Å². The molecule has 0 aromatic rings. The Kier molecular flexibility index (Phi) is 5.96. The van der Waals surface area contributed by atoms with Crippen molar-refractivity contribution in [2.24, 2.45) is 5.92 Å². The molecule has 0 aromatic carbocycles. The minimum absolute atomic E-state index is 0.207. The van der Waals surface area contributed by atoms with Crippen LogP contribution in [0.25, 0.3) is 0 Å². The maximum absolute atomic E-state index is 11.8. The molecule has 0 aromatic heterocycles. The van der Waals surface area contributed by atoms with E-state index in [1.54, 1.807) is 0 Å². The van der Waals surface area contributed by atoms with E-state index in [1.807, 2.05) is 25.8 Å². The van der Waals surface area contributed by atoms with Gasteiger partial charge < -0.3 is 10.2 Å². The monoisotopic (exact) mass is 240 g/mol. The van der Waals surface area contributed by atoms with Gasteiger partial charge in [0.25, 0.3) is 0 Å². The van der Waals surface area contributed by atoms with Gasteiger partial charge in [0, 0.05) is 19.1 Å². The Morgan fingerprint density at radius 2 is 2.12 bits per heavy atom. The van der Waals surface area contributed by atoms with Crippen molar-refractivity contribution < 1.29 is 4.79 Å². The van der Waals surface area contributed by atoms with Gasteiger partial charge in [-0.15, -0.1) is 0 Å². The lowest BCUT2D eigenvalue weighted by molar-refractivity contribution is -0.130. The fraction of sp³-hybridized carbons (Fsp3) is 0.929. The van der Waals surface area contributed by atoms with Gasteiger partial charge >= 0.3 is 0 Å². The molecule has 1 aliphatic carbocycles. The van der Waals surface area contributed by atoms with Gasteiger partial charge in [0.2, 0.25) is 5.91 Å². The van der Waals surface area contributed by atoms with Crippen molar-refractivity contribution in [3.63, 3.8) is 0 Å². The number of carbonyl (C=O) groups is 1. The number of nitrogens with zero attached hydrogens (tertiary/aromatic N) is 1. The van der Waals surface area contributed by atoms with Crippen LogP contribution in [0.3, 0.4) is 0 Å². The number of likely N-dealkylation sites (N-methyl/N-ethyl adjacent to an activating group) is 1. The van der Waals surface area contributed by atoms with E-state index < -0.39 is 0 Å². The van der Waals surface area contributed by atoms with E-state index in [2.05, 4.69) is 12.2 Å². The molecule has 1 N–H and O–H groups in total. The van der Waals surface area contributed by atoms with Gasteiger partial charge in [-0.3, -0.25) is 4.79 Å². The highest BCUT2D eigenvalue weighted by molar-refractivity contribution is 5.78. The van der Waals surface area contributed by atoms with E-state index in [4.69, 9.17) is 0 Å². The van der Waals surface area contributed by atoms with Crippen molar-refractivity contribution in [3.05, 3.63) is 0 Å². The number of nitrogens with one attached hydrogen (secondary N) is 1. The number of hydrogen-bond donors (Lipinski definition) is 1. The summed E-state index contributed by atoms with van der Waals surface area (Å²) in [5.74, 6) is 1.07. The predicted octanol–water partition coefficient (Wildman–Crippen LogP) is 2.41. The Morgan fingerprint density at radius 1 is 1.41 bits per heavy atom. The maximum Gasteiger partial charge on any atom is 0.236 e. The molecule has 0 radical (unpaired) electrons. The van der Waals surface area contributed by atoms with Crippen molar-refractivity contribution in [2.75, 3.05) is 13.6 Å². The van der Waals surface area contributed by atoms with Gasteiger partial charge in [0.1, 0.15) is 0 Å². The first-order valence-electron chi connectivity index (χ1n) is 7.03. The first kappa shape index (κ1) is 14.5. The fourth-order valence-electron chi connectivity index (χ4n) is 2.49. The number of carbonyl (C=O) groups excluding carboxylic acids is 1. The summed E-state index contributed by atoms with van der Waals surface area (Å²) in [5, 5.41) is 3.43. The summed E-state index contributed by atoms with van der Waals surface area (Å²) in [6, 6.07) is 0.845. The van der Waals surface area contributed by atoms with E-state index in [-0.39, 0.29) is 5.91 Å². The van der Waals surface area contributed by atoms with Crippen LogP contribution in [0, 0.1) is 5.92 Å². The standard InChI is InChI=1S/C14H28N2O/c1-5-12-7-6-8-13(9-12)15-10-14(17)16(4)11(2)3/h11-13,15H,5-10H2,1-4H3. The third kappa shape index (κ3) is 4.66. The molecular formula is C14H28N2O. The summed E-state index contributed by atoms with van der Waals surface area (Å²) >= 11 is 0. The van der Waals surface area contributed by atoms with E-state index in [0.717, 1.165) is 5.92 Å². The number of amides is 1. The molecule has 1 saturated carbocycles. The molecule has 1 fully saturated rings. The Balaban J connectivity index is 2.28. The molecule has 2 unspecified atom stereocenters. The van der Waals surface area contributed by atoms with Crippen LogP contribution in [0.4, 0.5) is 0 Å². The summed E-state index contributed by atoms with van der Waals surface area (Å²) in [6.45, 7) is 6.86. The first-order valence-corrected chi connectivity index (χ1v) is 7.03. The summed E-state index contributed by atoms with van der Waals surface area (Å²) in [5.41, 5.74) is 0. The minimum atomic E-state index is 0.207. The topological polar surface area (TPSA) is 32.3 Å². The Hall–Kier alpha value is -0.570. The third-order valence-corrected chi connectivity index (χ3v) is 4.07. The van der Waals surface area contributed by atoms with Crippen LogP contribution in [0.2, 0.25) is 0 Å². The average Bonchev–Trinajstić information content (AvgIpc) is 2.35. The zero-order chi connectivity index (χ0) is 12.8. The third-order valence-electron chi connectivity index (χ3n) is 4.07. The second kappa shape index (κ2) is 7.00. The Morgan fingerprint density at radius 3 is 2.71 bits per heavy atom. The molecule has 3 nitrogen and oxygen atoms in total. The van der Waals surface area contributed by atoms with Crippen molar-refractivity contribution in [3.8, 4) is 0 Å². The molecule has 0 saturated heterocycles. The van der Waals surface area contributed by atoms with Crippen LogP contribution in [0.1, 0.15) is 52.9 Å². The van der Waals surface area contributed by atoms with Crippen LogP contribution < -0.4 is 5.32 Å². The molecule has 0 aliphatic heterocycles. The number of hydrogen-bond acceptors (Lipinski definition) is 2. The average molecular weight is 240 g/mol. The smallest absolute Gasteiger partial charge is 0.236 e. The van der Waals surface area contributed by atoms with E-state index in [1.165, 1.54) is 32.1 Å². The molecule has 100 valence electrons. The summed E-state index contributed by atoms with van der Waals surface area (Å²) in [4.78, 5) is 13.7. The van der Waals surface area contributed by atoms with Crippen LogP contribution in [0.15, 0.2) is 0 Å². The zero-order valence-electron chi connectivity index (χ0n) is 11.8. The molecule has 0 heterocycles. The molecule has 1 rings (SSSR count). The highest BCUT2D eigenvalue weighted by Gasteiger charge is 2.21. The quantitative estimate of drug-likeness (QED) is 0.800. The van der Waals surface area contributed by atoms with Crippen molar-refractivity contribution in [1.82, 2.24) is 10.2 Å². The molecule has 0 spiro atoms. The van der Waals surface area contributed by atoms with E-state index >= 15 is 0 Å². The lowest BCUT2D eigenvalue weighted by atomic mass is 9.84. The van der Waals surface area contributed by atoms with Gasteiger partial charge in [0.15, 0.2) is 0 Å². The fourth-order valence-corrected chi connectivity index (χ4v) is 2.49. The van der Waals surface area contributed by atoms with E-state index in [0.29, 0.717) is 18.6 Å². The molecule has 2 atom stereocenters. The second-order valence-electron chi connectivity index (χ2n) is 5.62. The van der Waals surface area contributed by atoms with Crippen molar-refractivity contribution in [1.29, 1.82) is 0 Å². The van der Waals surface area contributed by atoms with Crippen molar-refractivity contribution >= 4 is 5.91 Å². The number of rotatable bonds is 5. The molecule has 17 heavy (non-hydrogen) atoms. The van der Waals surface area contributed by atoms with Gasteiger partial charge in [0.05, 0.1) is 6.54 Å². The zero-order valence-corrected chi connectivity index (χ0v) is 11.8. The summed E-state index contributed by atoms with van der Waals surface area (Å²) in [7, 11) is 1.88. The highest BCUT2D eigenvalue weighted by atomic mass is 16.2. The summed E-state index contributed by atoms with van der Waals surface area (Å²) < 4.78 is 0. The molecule has 3 heteroatoms. The normalized spacial score (nSPS) is 25.0. The SMILES string of the molecule is CCC1CCCC(NCC(=O)N(C)C(C)C)C1. The first-order chi connectivity index (χ1) is 8.04. The van der Waals surface area contributed by atoms with Gasteiger partial charge in [-0.2, -0.15) is 0 Å². The van der Waals surface area contributed by atoms with Crippen LogP contribution >= 0.6 is 0 Å². The Bertz CT molecular complexity index is 240.